The molecule has 154 valence electrons. The number of likely N-dealkylation sites (tertiary alicyclic amines) is 1. The number of carbonyl (C=O) groups is 1. The van der Waals surface area contributed by atoms with Crippen LogP contribution >= 0.6 is 0 Å². The number of anilines is 2. The summed E-state index contributed by atoms with van der Waals surface area (Å²) in [5.41, 5.74) is 1.56. The number of piperidine rings is 1. The number of carbonyl (C=O) groups excluding carboxylic acids is 1. The van der Waals surface area contributed by atoms with Gasteiger partial charge in [-0.05, 0) is 55.9 Å². The summed E-state index contributed by atoms with van der Waals surface area (Å²) in [6, 6.07) is 8.19. The summed E-state index contributed by atoms with van der Waals surface area (Å²) in [5, 5.41) is 3.07. The standard InChI is InChI=1S/C23H29FN4O/c24-19-9-4-10-20(15-19)26-23-25-12-11-21(27-23)18-8-5-13-28(16-18)22(29)14-17-6-2-1-3-7-17/h4,9-12,15,17-18H,1-3,5-8,13-14,16H2,(H,25,26,27)/t18-/m1/s1. The van der Waals surface area contributed by atoms with E-state index in [0.29, 0.717) is 29.9 Å². The zero-order chi connectivity index (χ0) is 20.1. The Labute approximate surface area is 171 Å². The maximum Gasteiger partial charge on any atom is 0.227 e. The minimum absolute atomic E-state index is 0.218. The number of benzene rings is 1. The predicted octanol–water partition coefficient (Wildman–Crippen LogP) is 5.04. The van der Waals surface area contributed by atoms with Crippen LogP contribution in [0.2, 0.25) is 0 Å². The Kier molecular flexibility index (Phi) is 6.37. The van der Waals surface area contributed by atoms with Gasteiger partial charge in [-0.2, -0.15) is 0 Å². The van der Waals surface area contributed by atoms with E-state index in [-0.39, 0.29) is 11.7 Å². The Balaban J connectivity index is 1.39. The summed E-state index contributed by atoms with van der Waals surface area (Å²) in [6.07, 6.45) is 10.7. The molecule has 1 N–H and O–H groups in total. The van der Waals surface area contributed by atoms with Crippen LogP contribution < -0.4 is 5.32 Å². The molecule has 0 radical (unpaired) electrons. The minimum Gasteiger partial charge on any atom is -0.342 e. The van der Waals surface area contributed by atoms with Crippen LogP contribution in [0.25, 0.3) is 0 Å². The van der Waals surface area contributed by atoms with E-state index in [0.717, 1.165) is 31.6 Å². The molecule has 29 heavy (non-hydrogen) atoms. The Bertz CT molecular complexity index is 837. The molecule has 5 nitrogen and oxygen atoms in total. The van der Waals surface area contributed by atoms with Crippen molar-refractivity contribution in [3.05, 3.63) is 48.0 Å². The molecule has 0 spiro atoms. The highest BCUT2D eigenvalue weighted by Crippen LogP contribution is 2.30. The van der Waals surface area contributed by atoms with Crippen LogP contribution in [0.5, 0.6) is 0 Å². The van der Waals surface area contributed by atoms with Gasteiger partial charge in [0.25, 0.3) is 0 Å². The van der Waals surface area contributed by atoms with Gasteiger partial charge in [0.1, 0.15) is 5.82 Å². The van der Waals surface area contributed by atoms with Crippen molar-refractivity contribution in [3.8, 4) is 0 Å². The van der Waals surface area contributed by atoms with Crippen LogP contribution in [0.15, 0.2) is 36.5 Å². The highest BCUT2D eigenvalue weighted by molar-refractivity contribution is 5.76. The number of hydrogen-bond acceptors (Lipinski definition) is 4. The first-order valence-corrected chi connectivity index (χ1v) is 10.8. The number of amides is 1. The monoisotopic (exact) mass is 396 g/mol. The Morgan fingerprint density at radius 3 is 2.83 bits per heavy atom. The molecule has 2 aromatic rings. The molecule has 2 fully saturated rings. The molecule has 1 atom stereocenters. The van der Waals surface area contributed by atoms with Gasteiger partial charge in [-0.3, -0.25) is 4.79 Å². The zero-order valence-electron chi connectivity index (χ0n) is 16.8. The summed E-state index contributed by atoms with van der Waals surface area (Å²) in [6.45, 7) is 1.57. The highest BCUT2D eigenvalue weighted by atomic mass is 19.1. The second-order valence-corrected chi connectivity index (χ2v) is 8.33. The number of nitrogens with one attached hydrogen (secondary N) is 1. The van der Waals surface area contributed by atoms with Crippen molar-refractivity contribution in [1.82, 2.24) is 14.9 Å². The van der Waals surface area contributed by atoms with Crippen LogP contribution in [0, 0.1) is 11.7 Å². The average molecular weight is 397 g/mol. The zero-order valence-corrected chi connectivity index (χ0v) is 16.8. The fourth-order valence-electron chi connectivity index (χ4n) is 4.57. The maximum atomic E-state index is 13.4. The van der Waals surface area contributed by atoms with E-state index in [4.69, 9.17) is 0 Å². The molecular formula is C23H29FN4O. The number of rotatable bonds is 5. The number of halogens is 1. The molecule has 1 aromatic heterocycles. The predicted molar refractivity (Wildman–Crippen MR) is 111 cm³/mol. The molecule has 2 heterocycles. The van der Waals surface area contributed by atoms with Crippen molar-refractivity contribution in [3.63, 3.8) is 0 Å². The van der Waals surface area contributed by atoms with Crippen molar-refractivity contribution < 1.29 is 9.18 Å². The van der Waals surface area contributed by atoms with Gasteiger partial charge in [-0.1, -0.05) is 25.3 Å². The molecule has 1 aliphatic carbocycles. The van der Waals surface area contributed by atoms with Crippen LogP contribution in [0.3, 0.4) is 0 Å². The number of aromatic nitrogens is 2. The quantitative estimate of drug-likeness (QED) is 0.770. The summed E-state index contributed by atoms with van der Waals surface area (Å²) in [5.74, 6) is 1.24. The molecule has 1 amide bonds. The Hall–Kier alpha value is -2.50. The topological polar surface area (TPSA) is 58.1 Å². The van der Waals surface area contributed by atoms with Gasteiger partial charge in [0, 0.05) is 37.3 Å². The Morgan fingerprint density at radius 2 is 2.00 bits per heavy atom. The van der Waals surface area contributed by atoms with Crippen LogP contribution in [-0.4, -0.2) is 33.9 Å². The maximum absolute atomic E-state index is 13.4. The van der Waals surface area contributed by atoms with Gasteiger partial charge in [0.2, 0.25) is 11.9 Å². The SMILES string of the molecule is O=C(CC1CCCCC1)N1CCC[C@@H](c2ccnc(Nc3cccc(F)c3)n2)C1. The molecule has 2 aliphatic rings. The lowest BCUT2D eigenvalue weighted by atomic mass is 9.86. The van der Waals surface area contributed by atoms with E-state index in [1.807, 2.05) is 11.0 Å². The molecule has 0 unspecified atom stereocenters. The number of nitrogens with zero attached hydrogens (tertiary/aromatic N) is 3. The highest BCUT2D eigenvalue weighted by Gasteiger charge is 2.27. The van der Waals surface area contributed by atoms with Crippen molar-refractivity contribution in [1.29, 1.82) is 0 Å². The fourth-order valence-corrected chi connectivity index (χ4v) is 4.57. The van der Waals surface area contributed by atoms with Crippen molar-refractivity contribution in [2.45, 2.75) is 57.3 Å². The van der Waals surface area contributed by atoms with Crippen molar-refractivity contribution >= 4 is 17.5 Å². The van der Waals surface area contributed by atoms with Gasteiger partial charge < -0.3 is 10.2 Å². The smallest absolute Gasteiger partial charge is 0.227 e. The molecule has 4 rings (SSSR count). The first-order valence-electron chi connectivity index (χ1n) is 10.8. The third kappa shape index (κ3) is 5.31. The van der Waals surface area contributed by atoms with Gasteiger partial charge in [0.15, 0.2) is 0 Å². The summed E-state index contributed by atoms with van der Waals surface area (Å²) < 4.78 is 13.4. The second kappa shape index (κ2) is 9.33. The summed E-state index contributed by atoms with van der Waals surface area (Å²) in [4.78, 5) is 23.8. The molecule has 1 aliphatic heterocycles. The first-order chi connectivity index (χ1) is 14.2. The van der Waals surface area contributed by atoms with Crippen LogP contribution in [0.1, 0.15) is 63.0 Å². The second-order valence-electron chi connectivity index (χ2n) is 8.33. The molecule has 0 bridgehead atoms. The molecular weight excluding hydrogens is 367 g/mol. The molecule has 1 saturated heterocycles. The van der Waals surface area contributed by atoms with Gasteiger partial charge in [-0.15, -0.1) is 0 Å². The van der Waals surface area contributed by atoms with Crippen molar-refractivity contribution in [2.75, 3.05) is 18.4 Å². The van der Waals surface area contributed by atoms with E-state index >= 15 is 0 Å². The van der Waals surface area contributed by atoms with Crippen LogP contribution in [0.4, 0.5) is 16.0 Å². The summed E-state index contributed by atoms with van der Waals surface area (Å²) >= 11 is 0. The lowest BCUT2D eigenvalue weighted by molar-refractivity contribution is -0.133. The number of hydrogen-bond donors (Lipinski definition) is 1. The third-order valence-corrected chi connectivity index (χ3v) is 6.14. The van der Waals surface area contributed by atoms with Gasteiger partial charge in [0.05, 0.1) is 5.69 Å². The van der Waals surface area contributed by atoms with E-state index in [2.05, 4.69) is 15.3 Å². The van der Waals surface area contributed by atoms with E-state index < -0.39 is 0 Å². The largest absolute Gasteiger partial charge is 0.342 e. The third-order valence-electron chi connectivity index (χ3n) is 6.14. The lowest BCUT2D eigenvalue weighted by Crippen LogP contribution is -2.40. The molecule has 6 heteroatoms. The molecule has 1 aromatic carbocycles. The van der Waals surface area contributed by atoms with E-state index in [9.17, 15) is 9.18 Å². The first kappa shape index (κ1) is 19.8. The Morgan fingerprint density at radius 1 is 1.14 bits per heavy atom. The van der Waals surface area contributed by atoms with Crippen LogP contribution in [-0.2, 0) is 4.79 Å². The normalized spacial score (nSPS) is 20.4. The minimum atomic E-state index is -0.300. The average Bonchev–Trinajstić information content (AvgIpc) is 2.75. The molecule has 1 saturated carbocycles. The fraction of sp³-hybridized carbons (Fsp3) is 0.522. The van der Waals surface area contributed by atoms with E-state index in [1.54, 1.807) is 18.3 Å². The van der Waals surface area contributed by atoms with Gasteiger partial charge in [-0.25, -0.2) is 14.4 Å². The van der Waals surface area contributed by atoms with E-state index in [1.165, 1.54) is 44.2 Å². The summed E-state index contributed by atoms with van der Waals surface area (Å²) in [7, 11) is 0. The lowest BCUT2D eigenvalue weighted by Gasteiger charge is -2.34. The van der Waals surface area contributed by atoms with Gasteiger partial charge >= 0.3 is 0 Å². The van der Waals surface area contributed by atoms with Crippen molar-refractivity contribution in [2.24, 2.45) is 5.92 Å².